The van der Waals surface area contributed by atoms with Crippen molar-refractivity contribution in [3.05, 3.63) is 64.8 Å². The first-order chi connectivity index (χ1) is 12.5. The molecule has 1 nitrogen and oxygen atoms in total. The number of aromatic nitrogens is 1. The molecule has 1 aliphatic carbocycles. The second-order valence-corrected chi connectivity index (χ2v) is 8.19. The summed E-state index contributed by atoms with van der Waals surface area (Å²) in [7, 11) is 2.21. The molecule has 1 heterocycles. The monoisotopic (exact) mass is 344 g/mol. The van der Waals surface area contributed by atoms with Gasteiger partial charge in [-0.2, -0.15) is 4.57 Å². The van der Waals surface area contributed by atoms with Gasteiger partial charge in [0.05, 0.1) is 5.39 Å². The zero-order valence-electron chi connectivity index (χ0n) is 16.6. The Morgan fingerprint density at radius 3 is 2.38 bits per heavy atom. The van der Waals surface area contributed by atoms with Gasteiger partial charge in [0.25, 0.3) is 0 Å². The normalized spacial score (nSPS) is 15.5. The molecule has 0 amide bonds. The van der Waals surface area contributed by atoms with E-state index < -0.39 is 0 Å². The molecule has 0 aliphatic heterocycles. The Bertz CT molecular complexity index is 962. The molecular weight excluding hydrogens is 314 g/mol. The van der Waals surface area contributed by atoms with Crippen molar-refractivity contribution >= 4 is 10.8 Å². The number of benzene rings is 2. The van der Waals surface area contributed by atoms with Crippen LogP contribution in [0.4, 0.5) is 0 Å². The van der Waals surface area contributed by atoms with Crippen molar-refractivity contribution in [2.45, 2.75) is 58.8 Å². The van der Waals surface area contributed by atoms with Crippen molar-refractivity contribution in [1.82, 2.24) is 0 Å². The quantitative estimate of drug-likeness (QED) is 0.480. The summed E-state index contributed by atoms with van der Waals surface area (Å²) in [6.07, 6.45) is 6.87. The van der Waals surface area contributed by atoms with Crippen LogP contribution in [0.2, 0.25) is 0 Å². The zero-order chi connectivity index (χ0) is 18.3. The number of fused-ring (bicyclic) bond motifs is 1. The van der Waals surface area contributed by atoms with Crippen molar-refractivity contribution in [3.8, 4) is 11.3 Å². The fourth-order valence-electron chi connectivity index (χ4n) is 4.59. The van der Waals surface area contributed by atoms with Crippen molar-refractivity contribution < 1.29 is 4.57 Å². The Morgan fingerprint density at radius 1 is 0.846 bits per heavy atom. The third-order valence-electron chi connectivity index (χ3n) is 6.29. The van der Waals surface area contributed by atoms with Gasteiger partial charge in [-0.3, -0.25) is 0 Å². The number of hydrogen-bond donors (Lipinski definition) is 0. The highest BCUT2D eigenvalue weighted by Gasteiger charge is 2.22. The molecule has 1 aromatic heterocycles. The number of aryl methyl sites for hydroxylation is 3. The minimum Gasteiger partial charge on any atom is -0.198 e. The molecule has 26 heavy (non-hydrogen) atoms. The molecule has 0 bridgehead atoms. The molecule has 134 valence electrons. The highest BCUT2D eigenvalue weighted by atomic mass is 14.9. The van der Waals surface area contributed by atoms with Gasteiger partial charge >= 0.3 is 0 Å². The van der Waals surface area contributed by atoms with Crippen LogP contribution in [0, 0.1) is 20.8 Å². The molecular formula is C25H30N+. The highest BCUT2D eigenvalue weighted by Crippen LogP contribution is 2.36. The second-order valence-electron chi connectivity index (χ2n) is 8.19. The Balaban J connectivity index is 1.94. The van der Waals surface area contributed by atoms with Crippen molar-refractivity contribution in [3.63, 3.8) is 0 Å². The van der Waals surface area contributed by atoms with E-state index in [4.69, 9.17) is 0 Å². The van der Waals surface area contributed by atoms with Crippen LogP contribution in [0.1, 0.15) is 60.4 Å². The van der Waals surface area contributed by atoms with Gasteiger partial charge in [-0.05, 0) is 61.3 Å². The second kappa shape index (κ2) is 6.87. The van der Waals surface area contributed by atoms with Gasteiger partial charge < -0.3 is 0 Å². The first-order valence-corrected chi connectivity index (χ1v) is 10.1. The summed E-state index contributed by atoms with van der Waals surface area (Å²) in [4.78, 5) is 0. The molecule has 0 N–H and O–H groups in total. The third-order valence-corrected chi connectivity index (χ3v) is 6.29. The lowest BCUT2D eigenvalue weighted by molar-refractivity contribution is -0.665. The van der Waals surface area contributed by atoms with Crippen LogP contribution >= 0.6 is 0 Å². The fraction of sp³-hybridized carbons (Fsp3) is 0.400. The molecule has 0 unspecified atom stereocenters. The molecule has 1 fully saturated rings. The van der Waals surface area contributed by atoms with E-state index in [1.165, 1.54) is 76.5 Å². The van der Waals surface area contributed by atoms with Gasteiger partial charge in [-0.15, -0.1) is 0 Å². The van der Waals surface area contributed by atoms with Crippen LogP contribution in [0.5, 0.6) is 0 Å². The van der Waals surface area contributed by atoms with Crippen molar-refractivity contribution in [1.29, 1.82) is 0 Å². The summed E-state index contributed by atoms with van der Waals surface area (Å²) in [5, 5.41) is 2.70. The summed E-state index contributed by atoms with van der Waals surface area (Å²) in [6.45, 7) is 6.65. The lowest BCUT2D eigenvalue weighted by Gasteiger charge is -2.23. The lowest BCUT2D eigenvalue weighted by atomic mass is 9.82. The maximum atomic E-state index is 2.49. The molecule has 0 radical (unpaired) electrons. The number of rotatable bonds is 2. The molecule has 1 heteroatoms. The third kappa shape index (κ3) is 3.05. The van der Waals surface area contributed by atoms with E-state index in [0.717, 1.165) is 5.92 Å². The Hall–Kier alpha value is -2.15. The van der Waals surface area contributed by atoms with Gasteiger partial charge in [-0.1, -0.05) is 49.1 Å². The van der Waals surface area contributed by atoms with Gasteiger partial charge in [0.1, 0.15) is 7.05 Å². The molecule has 0 spiro atoms. The SMILES string of the molecule is Cc1ccc2cc(C)[n+](C)c(-c3cc(C4CCCCC4)ccc3C)c2c1. The molecule has 1 aliphatic rings. The maximum Gasteiger partial charge on any atom is 0.220 e. The van der Waals surface area contributed by atoms with Crippen molar-refractivity contribution in [2.75, 3.05) is 0 Å². The van der Waals surface area contributed by atoms with Gasteiger partial charge in [0, 0.05) is 18.6 Å². The van der Waals surface area contributed by atoms with E-state index in [9.17, 15) is 0 Å². The van der Waals surface area contributed by atoms with Crippen LogP contribution in [0.15, 0.2) is 42.5 Å². The van der Waals surface area contributed by atoms with E-state index in [0.29, 0.717) is 0 Å². The largest absolute Gasteiger partial charge is 0.220 e. The molecule has 2 aromatic carbocycles. The summed E-state index contributed by atoms with van der Waals surface area (Å²) in [5.74, 6) is 0.742. The summed E-state index contributed by atoms with van der Waals surface area (Å²) < 4.78 is 2.37. The zero-order valence-corrected chi connectivity index (χ0v) is 16.6. The van der Waals surface area contributed by atoms with Gasteiger partial charge in [0.15, 0.2) is 5.69 Å². The van der Waals surface area contributed by atoms with E-state index in [1.54, 1.807) is 0 Å². The average Bonchev–Trinajstić information content (AvgIpc) is 2.65. The fourth-order valence-corrected chi connectivity index (χ4v) is 4.59. The smallest absolute Gasteiger partial charge is 0.198 e. The molecule has 3 aromatic rings. The van der Waals surface area contributed by atoms with Crippen LogP contribution in [-0.2, 0) is 7.05 Å². The molecule has 1 saturated carbocycles. The van der Waals surface area contributed by atoms with Crippen LogP contribution in [0.3, 0.4) is 0 Å². The van der Waals surface area contributed by atoms with Crippen molar-refractivity contribution in [2.24, 2.45) is 7.05 Å². The van der Waals surface area contributed by atoms with E-state index in [2.05, 4.69) is 74.9 Å². The predicted molar refractivity (Wildman–Crippen MR) is 111 cm³/mol. The number of nitrogens with zero attached hydrogens (tertiary/aromatic N) is 1. The standard InChI is InChI=1S/C25H30N/c1-17-10-12-22-15-19(3)26(4)25(24(22)14-17)23-16-21(13-11-18(23)2)20-8-6-5-7-9-20/h10-16,20H,5-9H2,1-4H3/q+1. The number of hydrogen-bond acceptors (Lipinski definition) is 0. The minimum atomic E-state index is 0.742. The topological polar surface area (TPSA) is 3.88 Å². The summed E-state index contributed by atoms with van der Waals surface area (Å²) in [6, 6.07) is 16.3. The Morgan fingerprint density at radius 2 is 1.62 bits per heavy atom. The molecule has 4 rings (SSSR count). The van der Waals surface area contributed by atoms with E-state index >= 15 is 0 Å². The summed E-state index contributed by atoms with van der Waals surface area (Å²) in [5.41, 5.74) is 8.29. The number of pyridine rings is 1. The highest BCUT2D eigenvalue weighted by molar-refractivity contribution is 5.94. The van der Waals surface area contributed by atoms with Crippen LogP contribution in [-0.4, -0.2) is 0 Å². The average molecular weight is 345 g/mol. The van der Waals surface area contributed by atoms with E-state index in [1.807, 2.05) is 0 Å². The first kappa shape index (κ1) is 17.3. The maximum absolute atomic E-state index is 2.49. The van der Waals surface area contributed by atoms with Gasteiger partial charge in [0.2, 0.25) is 5.69 Å². The Labute approximate surface area is 157 Å². The molecule has 0 atom stereocenters. The first-order valence-electron chi connectivity index (χ1n) is 10.1. The minimum absolute atomic E-state index is 0.742. The van der Waals surface area contributed by atoms with Gasteiger partial charge in [-0.25, -0.2) is 0 Å². The summed E-state index contributed by atoms with van der Waals surface area (Å²) >= 11 is 0. The van der Waals surface area contributed by atoms with Crippen LogP contribution in [0.25, 0.3) is 22.0 Å². The lowest BCUT2D eigenvalue weighted by Crippen LogP contribution is -2.35. The predicted octanol–water partition coefficient (Wildman–Crippen LogP) is 6.30. The van der Waals surface area contributed by atoms with Crippen LogP contribution < -0.4 is 4.57 Å². The Kier molecular flexibility index (Phi) is 4.56. The van der Waals surface area contributed by atoms with E-state index in [-0.39, 0.29) is 0 Å². The molecule has 0 saturated heterocycles.